The first-order valence-electron chi connectivity index (χ1n) is 3.82. The fourth-order valence-corrected chi connectivity index (χ4v) is 1.11. The largest absolute Gasteiger partial charge is 0.396 e. The van der Waals surface area contributed by atoms with E-state index >= 15 is 0 Å². The molecule has 0 saturated heterocycles. The van der Waals surface area contributed by atoms with Crippen molar-refractivity contribution in [1.29, 1.82) is 0 Å². The van der Waals surface area contributed by atoms with Crippen LogP contribution in [-0.2, 0) is 0 Å². The van der Waals surface area contributed by atoms with Crippen molar-refractivity contribution < 1.29 is 4.39 Å². The zero-order valence-corrected chi connectivity index (χ0v) is 6.79. The molecule has 0 amide bonds. The SMILES string of the molecule is Nc1cc(-c2ncc[nH]2)ccc1F. The van der Waals surface area contributed by atoms with E-state index in [0.29, 0.717) is 5.82 Å². The van der Waals surface area contributed by atoms with Crippen molar-refractivity contribution >= 4 is 5.69 Å². The second-order valence-corrected chi connectivity index (χ2v) is 2.67. The predicted octanol–water partition coefficient (Wildman–Crippen LogP) is 1.80. The summed E-state index contributed by atoms with van der Waals surface area (Å²) in [5.41, 5.74) is 6.32. The Kier molecular flexibility index (Phi) is 1.73. The van der Waals surface area contributed by atoms with Crippen molar-refractivity contribution in [3.05, 3.63) is 36.4 Å². The lowest BCUT2D eigenvalue weighted by Gasteiger charge is -1.99. The predicted molar refractivity (Wildman–Crippen MR) is 48.4 cm³/mol. The van der Waals surface area contributed by atoms with Gasteiger partial charge < -0.3 is 10.7 Å². The molecule has 3 N–H and O–H groups in total. The Morgan fingerprint density at radius 2 is 2.23 bits per heavy atom. The van der Waals surface area contributed by atoms with E-state index in [4.69, 9.17) is 5.73 Å². The van der Waals surface area contributed by atoms with Gasteiger partial charge in [-0.05, 0) is 18.2 Å². The molecular weight excluding hydrogens is 169 g/mol. The number of hydrogen-bond acceptors (Lipinski definition) is 2. The van der Waals surface area contributed by atoms with Crippen LogP contribution in [0.15, 0.2) is 30.6 Å². The zero-order valence-electron chi connectivity index (χ0n) is 6.79. The number of halogens is 1. The molecule has 0 aliphatic heterocycles. The van der Waals surface area contributed by atoms with Gasteiger partial charge in [-0.3, -0.25) is 0 Å². The van der Waals surface area contributed by atoms with Gasteiger partial charge in [-0.1, -0.05) is 0 Å². The fourth-order valence-electron chi connectivity index (χ4n) is 1.11. The molecule has 0 aliphatic carbocycles. The lowest BCUT2D eigenvalue weighted by atomic mass is 10.2. The first kappa shape index (κ1) is 7.79. The molecule has 2 aromatic rings. The van der Waals surface area contributed by atoms with E-state index in [-0.39, 0.29) is 5.69 Å². The summed E-state index contributed by atoms with van der Waals surface area (Å²) in [5.74, 6) is 0.280. The highest BCUT2D eigenvalue weighted by atomic mass is 19.1. The molecule has 66 valence electrons. The fraction of sp³-hybridized carbons (Fsp3) is 0. The highest BCUT2D eigenvalue weighted by Crippen LogP contribution is 2.19. The second kappa shape index (κ2) is 2.90. The summed E-state index contributed by atoms with van der Waals surface area (Å²) in [7, 11) is 0. The quantitative estimate of drug-likeness (QED) is 0.652. The monoisotopic (exact) mass is 177 g/mol. The topological polar surface area (TPSA) is 54.7 Å². The van der Waals surface area contributed by atoms with Crippen LogP contribution in [0.25, 0.3) is 11.4 Å². The maximum absolute atomic E-state index is 12.8. The molecule has 0 bridgehead atoms. The number of benzene rings is 1. The molecule has 3 nitrogen and oxygen atoms in total. The Labute approximate surface area is 74.4 Å². The van der Waals surface area contributed by atoms with Crippen molar-refractivity contribution in [1.82, 2.24) is 9.97 Å². The maximum Gasteiger partial charge on any atom is 0.146 e. The molecule has 0 radical (unpaired) electrons. The minimum atomic E-state index is -0.407. The second-order valence-electron chi connectivity index (χ2n) is 2.67. The summed E-state index contributed by atoms with van der Waals surface area (Å²) in [5, 5.41) is 0. The molecule has 13 heavy (non-hydrogen) atoms. The van der Waals surface area contributed by atoms with E-state index in [9.17, 15) is 4.39 Å². The number of aromatic nitrogens is 2. The molecule has 0 saturated carbocycles. The molecule has 0 fully saturated rings. The van der Waals surface area contributed by atoms with Gasteiger partial charge in [0.25, 0.3) is 0 Å². The zero-order chi connectivity index (χ0) is 9.26. The van der Waals surface area contributed by atoms with E-state index in [0.717, 1.165) is 5.56 Å². The number of nitrogens with zero attached hydrogens (tertiary/aromatic N) is 1. The lowest BCUT2D eigenvalue weighted by Crippen LogP contribution is -1.91. The summed E-state index contributed by atoms with van der Waals surface area (Å²) in [4.78, 5) is 6.93. The molecule has 0 aliphatic rings. The van der Waals surface area contributed by atoms with Crippen molar-refractivity contribution in [2.75, 3.05) is 5.73 Å². The molecule has 0 spiro atoms. The average molecular weight is 177 g/mol. The van der Waals surface area contributed by atoms with Crippen LogP contribution < -0.4 is 5.73 Å². The standard InChI is InChI=1S/C9H8FN3/c10-7-2-1-6(5-8(7)11)9-12-3-4-13-9/h1-5H,11H2,(H,12,13). The molecule has 0 atom stereocenters. The average Bonchev–Trinajstić information content (AvgIpc) is 2.62. The number of nitrogens with two attached hydrogens (primary N) is 1. The highest BCUT2D eigenvalue weighted by molar-refractivity contribution is 5.61. The number of rotatable bonds is 1. The molecule has 4 heteroatoms. The van der Waals surface area contributed by atoms with Gasteiger partial charge in [0.05, 0.1) is 5.69 Å². The van der Waals surface area contributed by atoms with Crippen LogP contribution in [0.2, 0.25) is 0 Å². The molecular formula is C9H8FN3. The van der Waals surface area contributed by atoms with E-state index in [1.54, 1.807) is 24.5 Å². The summed E-state index contributed by atoms with van der Waals surface area (Å²) in [6.07, 6.45) is 3.34. The minimum Gasteiger partial charge on any atom is -0.396 e. The Morgan fingerprint density at radius 3 is 2.85 bits per heavy atom. The van der Waals surface area contributed by atoms with Gasteiger partial charge in [-0.15, -0.1) is 0 Å². The van der Waals surface area contributed by atoms with Crippen molar-refractivity contribution in [3.63, 3.8) is 0 Å². The van der Waals surface area contributed by atoms with Crippen LogP contribution in [0.5, 0.6) is 0 Å². The molecule has 1 aromatic carbocycles. The van der Waals surface area contributed by atoms with Crippen LogP contribution in [0, 0.1) is 5.82 Å². The van der Waals surface area contributed by atoms with Crippen molar-refractivity contribution in [3.8, 4) is 11.4 Å². The van der Waals surface area contributed by atoms with Crippen LogP contribution in [0.4, 0.5) is 10.1 Å². The third kappa shape index (κ3) is 1.38. The smallest absolute Gasteiger partial charge is 0.146 e. The number of hydrogen-bond donors (Lipinski definition) is 2. The normalized spacial score (nSPS) is 10.2. The Morgan fingerprint density at radius 1 is 1.38 bits per heavy atom. The number of anilines is 1. The van der Waals surface area contributed by atoms with Crippen molar-refractivity contribution in [2.24, 2.45) is 0 Å². The maximum atomic E-state index is 12.8. The minimum absolute atomic E-state index is 0.133. The third-order valence-corrected chi connectivity index (χ3v) is 1.77. The molecule has 2 rings (SSSR count). The molecule has 0 unspecified atom stereocenters. The van der Waals surface area contributed by atoms with Gasteiger partial charge in [0.1, 0.15) is 11.6 Å². The summed E-state index contributed by atoms with van der Waals surface area (Å²) in [6, 6.07) is 4.51. The van der Waals surface area contributed by atoms with E-state index in [2.05, 4.69) is 9.97 Å². The summed E-state index contributed by atoms with van der Waals surface area (Å²) in [6.45, 7) is 0. The Balaban J connectivity index is 2.49. The number of imidazole rings is 1. The first-order chi connectivity index (χ1) is 6.27. The highest BCUT2D eigenvalue weighted by Gasteiger charge is 2.02. The third-order valence-electron chi connectivity index (χ3n) is 1.77. The Bertz CT molecular complexity index is 409. The lowest BCUT2D eigenvalue weighted by molar-refractivity contribution is 0.632. The van der Waals surface area contributed by atoms with Gasteiger partial charge in [0.2, 0.25) is 0 Å². The van der Waals surface area contributed by atoms with Gasteiger partial charge in [-0.25, -0.2) is 9.37 Å². The van der Waals surface area contributed by atoms with Crippen molar-refractivity contribution in [2.45, 2.75) is 0 Å². The van der Waals surface area contributed by atoms with Crippen LogP contribution in [0.1, 0.15) is 0 Å². The van der Waals surface area contributed by atoms with Gasteiger partial charge >= 0.3 is 0 Å². The number of aromatic amines is 1. The van der Waals surface area contributed by atoms with Gasteiger partial charge in [0.15, 0.2) is 0 Å². The number of nitrogen functional groups attached to an aromatic ring is 1. The first-order valence-corrected chi connectivity index (χ1v) is 3.82. The van der Waals surface area contributed by atoms with E-state index < -0.39 is 5.82 Å². The van der Waals surface area contributed by atoms with Crippen LogP contribution in [-0.4, -0.2) is 9.97 Å². The summed E-state index contributed by atoms with van der Waals surface area (Å²) >= 11 is 0. The number of nitrogens with one attached hydrogen (secondary N) is 1. The Hall–Kier alpha value is -1.84. The van der Waals surface area contributed by atoms with E-state index in [1.807, 2.05) is 0 Å². The number of H-pyrrole nitrogens is 1. The van der Waals surface area contributed by atoms with Gasteiger partial charge in [-0.2, -0.15) is 0 Å². The van der Waals surface area contributed by atoms with E-state index in [1.165, 1.54) is 6.07 Å². The molecule has 1 aromatic heterocycles. The van der Waals surface area contributed by atoms with Gasteiger partial charge in [0, 0.05) is 18.0 Å². The molecule has 1 heterocycles. The van der Waals surface area contributed by atoms with Crippen LogP contribution >= 0.6 is 0 Å². The van der Waals surface area contributed by atoms with Crippen LogP contribution in [0.3, 0.4) is 0 Å². The summed E-state index contributed by atoms with van der Waals surface area (Å²) < 4.78 is 12.8.